The zero-order valence-corrected chi connectivity index (χ0v) is 8.95. The maximum Gasteiger partial charge on any atom is 0.134 e. The zero-order chi connectivity index (χ0) is 8.43. The van der Waals surface area contributed by atoms with Gasteiger partial charge in [0.25, 0.3) is 0 Å². The van der Waals surface area contributed by atoms with E-state index in [1.165, 1.54) is 12.1 Å². The minimum atomic E-state index is -0.446. The van der Waals surface area contributed by atoms with E-state index in [4.69, 9.17) is 11.1 Å². The molecule has 1 rings (SSSR count). The lowest BCUT2D eigenvalue weighted by Gasteiger charge is -1.99. The summed E-state index contributed by atoms with van der Waals surface area (Å²) < 4.78 is 13.7. The van der Waals surface area contributed by atoms with Crippen molar-refractivity contribution in [1.82, 2.24) is 0 Å². The Bertz CT molecular complexity index is 303. The molecule has 0 amide bonds. The molecule has 0 spiro atoms. The van der Waals surface area contributed by atoms with Gasteiger partial charge >= 0.3 is 0 Å². The molecular weight excluding hydrogens is 293 g/mol. The second-order valence-electron chi connectivity index (χ2n) is 2.04. The highest BCUT2D eigenvalue weighted by atomic mass is 127. The molecule has 1 aromatic rings. The number of nitrogen functional groups attached to an aromatic ring is 1. The Morgan fingerprint density at radius 3 is 2.50 bits per heavy atom. The quantitative estimate of drug-likeness (QED) is 0.466. The summed E-state index contributed by atoms with van der Waals surface area (Å²) in [5.41, 5.74) is 5.29. The summed E-state index contributed by atoms with van der Waals surface area (Å²) in [6.45, 7) is 0. The van der Waals surface area contributed by atoms with Crippen molar-refractivity contribution in [2.45, 2.75) is 0 Å². The van der Waals surface area contributed by atoms with Gasteiger partial charge in [-0.05, 0) is 40.8 Å². The van der Waals surface area contributed by atoms with Crippen LogP contribution in [0, 0.1) is 14.8 Å². The normalized spacial score (nSPS) is 8.83. The SMILES string of the molecule is Cl.N=C(N)c1cc(I)ccc1F. The molecule has 1 aromatic carbocycles. The molecule has 0 aliphatic carbocycles. The fraction of sp³-hybridized carbons (Fsp3) is 0. The van der Waals surface area contributed by atoms with Crippen LogP contribution in [0.3, 0.4) is 0 Å². The molecular formula is C7H7ClFIN2. The Morgan fingerprint density at radius 1 is 1.50 bits per heavy atom. The first-order valence-electron chi connectivity index (χ1n) is 2.90. The van der Waals surface area contributed by atoms with Crippen LogP contribution in [0.4, 0.5) is 4.39 Å². The van der Waals surface area contributed by atoms with Crippen molar-refractivity contribution in [2.75, 3.05) is 0 Å². The Labute approximate surface area is 89.4 Å². The second-order valence-corrected chi connectivity index (χ2v) is 3.28. The average Bonchev–Trinajstić information content (AvgIpc) is 1.94. The Kier molecular flexibility index (Phi) is 4.47. The van der Waals surface area contributed by atoms with Crippen molar-refractivity contribution in [1.29, 1.82) is 5.41 Å². The average molecular weight is 301 g/mol. The van der Waals surface area contributed by atoms with Gasteiger partial charge < -0.3 is 5.73 Å². The maximum absolute atomic E-state index is 12.8. The molecule has 0 heterocycles. The molecule has 0 saturated heterocycles. The van der Waals surface area contributed by atoms with E-state index in [2.05, 4.69) is 0 Å². The largest absolute Gasteiger partial charge is 0.384 e. The van der Waals surface area contributed by atoms with Crippen LogP contribution in [0.25, 0.3) is 0 Å². The van der Waals surface area contributed by atoms with E-state index in [0.29, 0.717) is 0 Å². The van der Waals surface area contributed by atoms with E-state index in [1.807, 2.05) is 22.6 Å². The van der Waals surface area contributed by atoms with Crippen molar-refractivity contribution in [3.63, 3.8) is 0 Å². The summed E-state index contributed by atoms with van der Waals surface area (Å²) in [7, 11) is 0. The van der Waals surface area contributed by atoms with Gasteiger partial charge in [0.2, 0.25) is 0 Å². The molecule has 0 aromatic heterocycles. The number of nitrogens with two attached hydrogens (primary N) is 1. The summed E-state index contributed by atoms with van der Waals surface area (Å²) in [4.78, 5) is 0. The van der Waals surface area contributed by atoms with Crippen molar-refractivity contribution >= 4 is 40.8 Å². The van der Waals surface area contributed by atoms with Crippen molar-refractivity contribution in [3.8, 4) is 0 Å². The summed E-state index contributed by atoms with van der Waals surface area (Å²) in [6, 6.07) is 4.47. The predicted octanol–water partition coefficient (Wildman–Crippen LogP) is 2.14. The van der Waals surface area contributed by atoms with Crippen molar-refractivity contribution in [2.24, 2.45) is 5.73 Å². The lowest BCUT2D eigenvalue weighted by atomic mass is 10.2. The zero-order valence-electron chi connectivity index (χ0n) is 5.97. The van der Waals surface area contributed by atoms with E-state index >= 15 is 0 Å². The van der Waals surface area contributed by atoms with E-state index < -0.39 is 5.82 Å². The third-order valence-electron chi connectivity index (χ3n) is 1.22. The fourth-order valence-electron chi connectivity index (χ4n) is 0.704. The van der Waals surface area contributed by atoms with Crippen LogP contribution in [-0.2, 0) is 0 Å². The third kappa shape index (κ3) is 2.60. The van der Waals surface area contributed by atoms with E-state index in [0.717, 1.165) is 3.57 Å². The second kappa shape index (κ2) is 4.61. The molecule has 12 heavy (non-hydrogen) atoms. The molecule has 0 radical (unpaired) electrons. The predicted molar refractivity (Wildman–Crippen MR) is 57.4 cm³/mol. The summed E-state index contributed by atoms with van der Waals surface area (Å²) in [5, 5.41) is 7.01. The fourth-order valence-corrected chi connectivity index (χ4v) is 1.20. The molecule has 66 valence electrons. The molecule has 0 aliphatic heterocycles. The number of amidine groups is 1. The lowest BCUT2D eigenvalue weighted by molar-refractivity contribution is 0.624. The molecule has 0 unspecified atom stereocenters. The van der Waals surface area contributed by atoms with Gasteiger partial charge in [0.15, 0.2) is 0 Å². The monoisotopic (exact) mass is 300 g/mol. The Morgan fingerprint density at radius 2 is 2.08 bits per heavy atom. The van der Waals surface area contributed by atoms with Gasteiger partial charge in [-0.2, -0.15) is 0 Å². The maximum atomic E-state index is 12.8. The number of hydrogen-bond donors (Lipinski definition) is 2. The minimum Gasteiger partial charge on any atom is -0.384 e. The van der Waals surface area contributed by atoms with E-state index in [-0.39, 0.29) is 23.8 Å². The first-order valence-corrected chi connectivity index (χ1v) is 3.98. The van der Waals surface area contributed by atoms with Crippen LogP contribution in [0.2, 0.25) is 0 Å². The van der Waals surface area contributed by atoms with Crippen LogP contribution in [0.15, 0.2) is 18.2 Å². The number of benzene rings is 1. The van der Waals surface area contributed by atoms with Crippen molar-refractivity contribution in [3.05, 3.63) is 33.1 Å². The number of hydrogen-bond acceptors (Lipinski definition) is 1. The van der Waals surface area contributed by atoms with Gasteiger partial charge in [-0.15, -0.1) is 12.4 Å². The smallest absolute Gasteiger partial charge is 0.134 e. The molecule has 5 heteroatoms. The molecule has 0 atom stereocenters. The van der Waals surface area contributed by atoms with E-state index in [1.54, 1.807) is 6.07 Å². The summed E-state index contributed by atoms with van der Waals surface area (Å²) in [5.74, 6) is -0.682. The summed E-state index contributed by atoms with van der Waals surface area (Å²) >= 11 is 2.04. The molecule has 0 fully saturated rings. The Balaban J connectivity index is 0.00000121. The van der Waals surface area contributed by atoms with Gasteiger partial charge in [-0.1, -0.05) is 0 Å². The molecule has 2 nitrogen and oxygen atoms in total. The number of halogens is 3. The third-order valence-corrected chi connectivity index (χ3v) is 1.89. The highest BCUT2D eigenvalue weighted by Gasteiger charge is 2.03. The Hall–Kier alpha value is -0.360. The number of nitrogens with one attached hydrogen (secondary N) is 1. The molecule has 0 saturated carbocycles. The van der Waals surface area contributed by atoms with Crippen LogP contribution in [0.1, 0.15) is 5.56 Å². The van der Waals surface area contributed by atoms with Gasteiger partial charge in [0.1, 0.15) is 11.7 Å². The standard InChI is InChI=1S/C7H6FIN2.ClH/c8-6-2-1-4(9)3-5(6)7(10)11;/h1-3H,(H3,10,11);1H. The number of rotatable bonds is 1. The van der Waals surface area contributed by atoms with Gasteiger partial charge in [0.05, 0.1) is 5.56 Å². The van der Waals surface area contributed by atoms with Crippen LogP contribution in [-0.4, -0.2) is 5.84 Å². The highest BCUT2D eigenvalue weighted by Crippen LogP contribution is 2.11. The van der Waals surface area contributed by atoms with Gasteiger partial charge in [-0.3, -0.25) is 5.41 Å². The first-order chi connectivity index (χ1) is 5.11. The van der Waals surface area contributed by atoms with Crippen LogP contribution in [0.5, 0.6) is 0 Å². The van der Waals surface area contributed by atoms with Crippen LogP contribution >= 0.6 is 35.0 Å². The van der Waals surface area contributed by atoms with E-state index in [9.17, 15) is 4.39 Å². The lowest BCUT2D eigenvalue weighted by Crippen LogP contribution is -2.13. The van der Waals surface area contributed by atoms with Gasteiger partial charge in [-0.25, -0.2) is 4.39 Å². The molecule has 0 bridgehead atoms. The molecule has 0 aliphatic rings. The first kappa shape index (κ1) is 11.6. The minimum absolute atomic E-state index is 0. The van der Waals surface area contributed by atoms with Crippen LogP contribution < -0.4 is 5.73 Å². The molecule has 3 N–H and O–H groups in total. The highest BCUT2D eigenvalue weighted by molar-refractivity contribution is 14.1. The summed E-state index contributed by atoms with van der Waals surface area (Å²) in [6.07, 6.45) is 0. The topological polar surface area (TPSA) is 49.9 Å². The van der Waals surface area contributed by atoms with Gasteiger partial charge in [0, 0.05) is 3.57 Å². The van der Waals surface area contributed by atoms with Crippen molar-refractivity contribution < 1.29 is 4.39 Å².